The summed E-state index contributed by atoms with van der Waals surface area (Å²) in [5.41, 5.74) is 1.15. The number of likely N-dealkylation sites (N-methyl/N-ethyl adjacent to an activating group) is 1. The lowest BCUT2D eigenvalue weighted by molar-refractivity contribution is 0.0950. The summed E-state index contributed by atoms with van der Waals surface area (Å²) >= 11 is 0. The molecule has 0 unspecified atom stereocenters. The number of benzene rings is 1. The van der Waals surface area contributed by atoms with Gasteiger partial charge in [-0.05, 0) is 26.2 Å². The summed E-state index contributed by atoms with van der Waals surface area (Å²) in [5.74, 6) is -0.112. The van der Waals surface area contributed by atoms with Crippen molar-refractivity contribution in [1.29, 1.82) is 0 Å². The molecule has 1 rings (SSSR count). The minimum atomic E-state index is -0.112. The Hall–Kier alpha value is -1.68. The first-order valence-electron chi connectivity index (χ1n) is 5.11. The summed E-state index contributed by atoms with van der Waals surface area (Å²) < 4.78 is 0. The predicted molar refractivity (Wildman–Crippen MR) is 62.7 cm³/mol. The Morgan fingerprint density at radius 2 is 1.94 bits per heavy atom. The molecule has 4 heteroatoms. The molecule has 0 spiro atoms. The van der Waals surface area contributed by atoms with Gasteiger partial charge in [0.05, 0.1) is 0 Å². The van der Waals surface area contributed by atoms with E-state index in [9.17, 15) is 9.59 Å². The van der Waals surface area contributed by atoms with E-state index in [0.29, 0.717) is 17.7 Å². The summed E-state index contributed by atoms with van der Waals surface area (Å²) in [4.78, 5) is 24.0. The molecule has 86 valence electrons. The molecule has 0 atom stereocenters. The topological polar surface area (TPSA) is 49.4 Å². The van der Waals surface area contributed by atoms with Gasteiger partial charge in [-0.15, -0.1) is 0 Å². The Balaban J connectivity index is 2.49. The maximum absolute atomic E-state index is 11.6. The quantitative estimate of drug-likeness (QED) is 0.746. The largest absolute Gasteiger partial charge is 0.351 e. The molecule has 1 amide bonds. The third-order valence-corrected chi connectivity index (χ3v) is 2.15. The zero-order chi connectivity index (χ0) is 12.0. The second kappa shape index (κ2) is 6.02. The molecule has 1 aromatic rings. The molecule has 16 heavy (non-hydrogen) atoms. The van der Waals surface area contributed by atoms with E-state index in [2.05, 4.69) is 5.32 Å². The highest BCUT2D eigenvalue weighted by Crippen LogP contribution is 2.01. The first kappa shape index (κ1) is 12.4. The van der Waals surface area contributed by atoms with E-state index in [1.54, 1.807) is 24.3 Å². The molecular formula is C12H16N2O2. The standard InChI is InChI=1S/C12H16N2O2/c1-14(2)8-7-13-12(16)11-5-3-10(9-15)4-6-11/h3-6,9H,7-8H2,1-2H3,(H,13,16). The number of carbonyl (C=O) groups is 2. The fraction of sp³-hybridized carbons (Fsp3) is 0.333. The van der Waals surface area contributed by atoms with Crippen LogP contribution in [-0.4, -0.2) is 44.3 Å². The van der Waals surface area contributed by atoms with Gasteiger partial charge in [0.15, 0.2) is 0 Å². The molecule has 0 aromatic heterocycles. The van der Waals surface area contributed by atoms with Crippen molar-refractivity contribution in [2.24, 2.45) is 0 Å². The van der Waals surface area contributed by atoms with Gasteiger partial charge in [0.2, 0.25) is 0 Å². The number of hydrogen-bond acceptors (Lipinski definition) is 3. The Morgan fingerprint density at radius 3 is 2.44 bits per heavy atom. The van der Waals surface area contributed by atoms with E-state index < -0.39 is 0 Å². The van der Waals surface area contributed by atoms with E-state index in [1.807, 2.05) is 19.0 Å². The Labute approximate surface area is 95.3 Å². The maximum Gasteiger partial charge on any atom is 0.251 e. The Kier molecular flexibility index (Phi) is 4.66. The number of carbonyl (C=O) groups excluding carboxylic acids is 2. The van der Waals surface area contributed by atoms with Crippen molar-refractivity contribution in [3.8, 4) is 0 Å². The van der Waals surface area contributed by atoms with E-state index in [-0.39, 0.29) is 5.91 Å². The number of nitrogens with one attached hydrogen (secondary N) is 1. The summed E-state index contributed by atoms with van der Waals surface area (Å²) in [6.07, 6.45) is 0.758. The molecule has 0 saturated heterocycles. The second-order valence-electron chi connectivity index (χ2n) is 3.80. The van der Waals surface area contributed by atoms with E-state index in [4.69, 9.17) is 0 Å². The van der Waals surface area contributed by atoms with Crippen molar-refractivity contribution < 1.29 is 9.59 Å². The molecular weight excluding hydrogens is 204 g/mol. The summed E-state index contributed by atoms with van der Waals surface area (Å²) in [7, 11) is 3.90. The van der Waals surface area contributed by atoms with Crippen LogP contribution in [0.3, 0.4) is 0 Å². The van der Waals surface area contributed by atoms with Crippen molar-refractivity contribution in [3.05, 3.63) is 35.4 Å². The van der Waals surface area contributed by atoms with Gasteiger partial charge >= 0.3 is 0 Å². The fourth-order valence-electron chi connectivity index (χ4n) is 1.21. The third-order valence-electron chi connectivity index (χ3n) is 2.15. The van der Waals surface area contributed by atoms with Crippen molar-refractivity contribution in [1.82, 2.24) is 10.2 Å². The van der Waals surface area contributed by atoms with Crippen LogP contribution in [0.4, 0.5) is 0 Å². The molecule has 0 aliphatic heterocycles. The summed E-state index contributed by atoms with van der Waals surface area (Å²) in [5, 5.41) is 2.80. The summed E-state index contributed by atoms with van der Waals surface area (Å²) in [6.45, 7) is 1.42. The smallest absolute Gasteiger partial charge is 0.251 e. The molecule has 0 heterocycles. The average Bonchev–Trinajstić information content (AvgIpc) is 2.28. The van der Waals surface area contributed by atoms with Gasteiger partial charge < -0.3 is 10.2 Å². The molecule has 0 radical (unpaired) electrons. The van der Waals surface area contributed by atoms with E-state index in [0.717, 1.165) is 12.8 Å². The summed E-state index contributed by atoms with van der Waals surface area (Å²) in [6, 6.07) is 6.56. The highest BCUT2D eigenvalue weighted by atomic mass is 16.1. The highest BCUT2D eigenvalue weighted by Gasteiger charge is 2.04. The normalized spacial score (nSPS) is 10.2. The minimum absolute atomic E-state index is 0.112. The lowest BCUT2D eigenvalue weighted by Gasteiger charge is -2.10. The second-order valence-corrected chi connectivity index (χ2v) is 3.80. The number of rotatable bonds is 5. The van der Waals surface area contributed by atoms with Gasteiger partial charge in [-0.1, -0.05) is 12.1 Å². The SMILES string of the molecule is CN(C)CCNC(=O)c1ccc(C=O)cc1. The lowest BCUT2D eigenvalue weighted by Crippen LogP contribution is -2.31. The minimum Gasteiger partial charge on any atom is -0.351 e. The average molecular weight is 220 g/mol. The molecule has 1 aromatic carbocycles. The van der Waals surface area contributed by atoms with E-state index >= 15 is 0 Å². The van der Waals surface area contributed by atoms with Gasteiger partial charge in [-0.3, -0.25) is 9.59 Å². The van der Waals surface area contributed by atoms with Crippen molar-refractivity contribution in [2.45, 2.75) is 0 Å². The predicted octanol–water partition coefficient (Wildman–Crippen LogP) is 0.790. The van der Waals surface area contributed by atoms with Gasteiger partial charge in [0, 0.05) is 24.2 Å². The fourth-order valence-corrected chi connectivity index (χ4v) is 1.21. The van der Waals surface area contributed by atoms with Crippen LogP contribution in [0.25, 0.3) is 0 Å². The van der Waals surface area contributed by atoms with Crippen LogP contribution >= 0.6 is 0 Å². The molecule has 1 N–H and O–H groups in total. The van der Waals surface area contributed by atoms with E-state index in [1.165, 1.54) is 0 Å². The molecule has 0 aliphatic rings. The number of hydrogen-bond donors (Lipinski definition) is 1. The number of amides is 1. The van der Waals surface area contributed by atoms with Crippen LogP contribution in [0.1, 0.15) is 20.7 Å². The van der Waals surface area contributed by atoms with Gasteiger partial charge in [0.1, 0.15) is 6.29 Å². The van der Waals surface area contributed by atoms with Crippen molar-refractivity contribution >= 4 is 12.2 Å². The highest BCUT2D eigenvalue weighted by molar-refractivity contribution is 5.94. The first-order chi connectivity index (χ1) is 7.63. The van der Waals surface area contributed by atoms with Crippen LogP contribution in [0.2, 0.25) is 0 Å². The van der Waals surface area contributed by atoms with Crippen LogP contribution < -0.4 is 5.32 Å². The third kappa shape index (κ3) is 3.82. The first-order valence-corrected chi connectivity index (χ1v) is 5.11. The molecule has 0 fully saturated rings. The van der Waals surface area contributed by atoms with Crippen LogP contribution in [0.5, 0.6) is 0 Å². The Bertz CT molecular complexity index is 358. The van der Waals surface area contributed by atoms with Gasteiger partial charge in [0.25, 0.3) is 5.91 Å². The van der Waals surface area contributed by atoms with Crippen molar-refractivity contribution in [3.63, 3.8) is 0 Å². The zero-order valence-corrected chi connectivity index (χ0v) is 9.56. The number of nitrogens with zero attached hydrogens (tertiary/aromatic N) is 1. The molecule has 0 saturated carbocycles. The van der Waals surface area contributed by atoms with Crippen LogP contribution in [-0.2, 0) is 0 Å². The lowest BCUT2D eigenvalue weighted by atomic mass is 10.1. The van der Waals surface area contributed by atoms with Gasteiger partial charge in [-0.2, -0.15) is 0 Å². The van der Waals surface area contributed by atoms with Crippen LogP contribution in [0, 0.1) is 0 Å². The molecule has 4 nitrogen and oxygen atoms in total. The Morgan fingerprint density at radius 1 is 1.31 bits per heavy atom. The van der Waals surface area contributed by atoms with Gasteiger partial charge in [-0.25, -0.2) is 0 Å². The monoisotopic (exact) mass is 220 g/mol. The zero-order valence-electron chi connectivity index (χ0n) is 9.56. The van der Waals surface area contributed by atoms with Crippen molar-refractivity contribution in [2.75, 3.05) is 27.2 Å². The van der Waals surface area contributed by atoms with Crippen LogP contribution in [0.15, 0.2) is 24.3 Å². The molecule has 0 bridgehead atoms. The number of aldehydes is 1. The molecule has 0 aliphatic carbocycles. The maximum atomic E-state index is 11.6.